The summed E-state index contributed by atoms with van der Waals surface area (Å²) in [6, 6.07) is 27.6. The highest BCUT2D eigenvalue weighted by Crippen LogP contribution is 2.38. The zero-order valence-electron chi connectivity index (χ0n) is 39.8. The predicted molar refractivity (Wildman–Crippen MR) is 279 cm³/mol. The topological polar surface area (TPSA) is 159 Å². The highest BCUT2D eigenvalue weighted by atomic mass is 79.9. The van der Waals surface area contributed by atoms with Crippen LogP contribution in [-0.2, 0) is 19.3 Å². The highest BCUT2D eigenvalue weighted by Gasteiger charge is 2.25. The number of nitrogens with two attached hydrogens (primary N) is 2. The van der Waals surface area contributed by atoms with Gasteiger partial charge in [0.15, 0.2) is 0 Å². The maximum atomic E-state index is 12.1. The first-order chi connectivity index (χ1) is 33.8. The number of amides is 4. The van der Waals surface area contributed by atoms with Crippen LogP contribution in [0.1, 0.15) is 68.1 Å². The summed E-state index contributed by atoms with van der Waals surface area (Å²) in [4.78, 5) is 35.0. The van der Waals surface area contributed by atoms with Gasteiger partial charge >= 0.3 is 12.1 Å². The van der Waals surface area contributed by atoms with Crippen LogP contribution in [0.3, 0.4) is 0 Å². The first-order valence-electron chi connectivity index (χ1n) is 25.0. The number of anilines is 4. The van der Waals surface area contributed by atoms with E-state index < -0.39 is 12.1 Å². The Kier molecular flexibility index (Phi) is 16.1. The van der Waals surface area contributed by atoms with E-state index in [-0.39, 0.29) is 0 Å². The Morgan fingerprint density at radius 3 is 1.86 bits per heavy atom. The van der Waals surface area contributed by atoms with Crippen molar-refractivity contribution >= 4 is 73.1 Å². The molecule has 4 amide bonds. The molecule has 0 atom stereocenters. The Morgan fingerprint density at radius 1 is 0.638 bits per heavy atom. The fourth-order valence-corrected chi connectivity index (χ4v) is 10.6. The third-order valence-electron chi connectivity index (χ3n) is 13.9. The number of para-hydroxylation sites is 3. The van der Waals surface area contributed by atoms with Crippen LogP contribution in [0, 0.1) is 0 Å². The van der Waals surface area contributed by atoms with E-state index >= 15 is 0 Å². The fourth-order valence-electron chi connectivity index (χ4n) is 10.2. The molecule has 10 rings (SSSR count). The summed E-state index contributed by atoms with van der Waals surface area (Å²) >= 11 is 3.47. The van der Waals surface area contributed by atoms with Crippen molar-refractivity contribution in [3.8, 4) is 11.5 Å². The Bertz CT molecular complexity index is 2670. The fraction of sp³-hybridized carbons (Fsp3) is 0.444. The largest absolute Gasteiger partial charge is 0.491 e. The standard InChI is InChI=1S/C27H33BrN4O3.C27H34N4O3/c28-22-9-10-24-21(18-22)19-25(35-24)32(27(29)33)12-3-2-11-30-13-15-31(16-14-30)23-8-5-7-20-6-1-4-17-34-26(20)23;28-27(32)29-26-22(21-10-1-2-13-24(21)34-26)11-3-5-14-30-15-17-31(18-16-30)23-12-7-9-20-8-4-6-19-33-25(20)23/h5,7-10,18-19H,1-4,6,11-17H2,(H2,29,33);1-2,7,9-10,12-13H,3-6,8,11,14-19H2,(H3,28,29,32). The number of carbonyl (C=O) groups is 2. The maximum absolute atomic E-state index is 12.1. The van der Waals surface area contributed by atoms with Crippen molar-refractivity contribution < 1.29 is 27.9 Å². The van der Waals surface area contributed by atoms with Crippen molar-refractivity contribution in [1.82, 2.24) is 9.80 Å². The summed E-state index contributed by atoms with van der Waals surface area (Å²) in [6.45, 7) is 12.5. The monoisotopic (exact) mass is 1000 g/mol. The van der Waals surface area contributed by atoms with Crippen LogP contribution < -0.4 is 41.0 Å². The number of piperazine rings is 2. The lowest BCUT2D eigenvalue weighted by Gasteiger charge is -2.37. The minimum absolute atomic E-state index is 0.478. The number of nitrogens with zero attached hydrogens (tertiary/aromatic N) is 5. The molecule has 0 spiro atoms. The molecule has 2 saturated heterocycles. The zero-order chi connectivity index (χ0) is 47.5. The van der Waals surface area contributed by atoms with Gasteiger partial charge in [0.2, 0.25) is 11.8 Å². The average Bonchev–Trinajstić information content (AvgIpc) is 3.68. The quantitative estimate of drug-likeness (QED) is 0.0897. The minimum Gasteiger partial charge on any atom is -0.491 e. The molecular formula is C54H67BrN8O6. The number of ether oxygens (including phenoxy) is 2. The number of urea groups is 2. The lowest BCUT2D eigenvalue weighted by molar-refractivity contribution is 0.247. The van der Waals surface area contributed by atoms with Crippen molar-refractivity contribution in [3.05, 3.63) is 106 Å². The van der Waals surface area contributed by atoms with E-state index in [0.29, 0.717) is 18.3 Å². The third kappa shape index (κ3) is 12.1. The minimum atomic E-state index is -0.598. The number of nitrogens with one attached hydrogen (secondary N) is 1. The molecule has 69 heavy (non-hydrogen) atoms. The zero-order valence-corrected chi connectivity index (χ0v) is 41.4. The molecule has 0 radical (unpaired) electrons. The molecule has 5 N–H and O–H groups in total. The Labute approximate surface area is 413 Å². The first-order valence-corrected chi connectivity index (χ1v) is 25.8. The van der Waals surface area contributed by atoms with Crippen molar-refractivity contribution in [1.29, 1.82) is 0 Å². The van der Waals surface area contributed by atoms with E-state index in [1.807, 2.05) is 48.5 Å². The number of unbranched alkanes of at least 4 members (excludes halogenated alkanes) is 2. The molecule has 2 aromatic heterocycles. The van der Waals surface area contributed by atoms with Gasteiger partial charge in [0.05, 0.1) is 24.6 Å². The van der Waals surface area contributed by atoms with Crippen molar-refractivity contribution in [2.24, 2.45) is 11.5 Å². The lowest BCUT2D eigenvalue weighted by Crippen LogP contribution is -2.47. The second kappa shape index (κ2) is 23.1. The van der Waals surface area contributed by atoms with E-state index in [0.717, 1.165) is 180 Å². The van der Waals surface area contributed by atoms with E-state index in [9.17, 15) is 9.59 Å². The van der Waals surface area contributed by atoms with Gasteiger partial charge in [-0.1, -0.05) is 58.4 Å². The van der Waals surface area contributed by atoms with Gasteiger partial charge in [-0.05, 0) is 131 Å². The predicted octanol–water partition coefficient (Wildman–Crippen LogP) is 10.2. The summed E-state index contributed by atoms with van der Waals surface area (Å²) in [6.07, 6.45) is 11.7. The van der Waals surface area contributed by atoms with Crippen molar-refractivity contribution in [3.63, 3.8) is 0 Å². The number of benzene rings is 4. The van der Waals surface area contributed by atoms with Crippen LogP contribution in [0.4, 0.5) is 32.7 Å². The number of aryl methyl sites for hydroxylation is 3. The van der Waals surface area contributed by atoms with Crippen molar-refractivity contribution in [2.45, 2.75) is 70.6 Å². The van der Waals surface area contributed by atoms with Crippen LogP contribution >= 0.6 is 15.9 Å². The second-order valence-electron chi connectivity index (χ2n) is 18.6. The number of rotatable bonds is 14. The molecule has 15 heteroatoms. The molecule has 0 bridgehead atoms. The molecule has 4 aromatic carbocycles. The Hall–Kier alpha value is -5.90. The van der Waals surface area contributed by atoms with E-state index in [2.05, 4.69) is 77.2 Å². The van der Waals surface area contributed by atoms with Gasteiger partial charge in [0, 0.05) is 85.8 Å². The SMILES string of the molecule is NC(=O)N(CCCCN1CCN(c2cccc3c2OCCCC3)CC1)c1cc2cc(Br)ccc2o1.NC(=O)Nc1oc2ccccc2c1CCCCN1CCN(c2cccc3c2OCCCC3)CC1. The molecular weight excluding hydrogens is 937 g/mol. The van der Waals surface area contributed by atoms with E-state index in [4.69, 9.17) is 29.8 Å². The van der Waals surface area contributed by atoms with Crippen LogP contribution in [0.2, 0.25) is 0 Å². The summed E-state index contributed by atoms with van der Waals surface area (Å²) in [5.41, 5.74) is 18.8. The molecule has 2 fully saturated rings. The number of carbonyl (C=O) groups excluding carboxylic acids is 2. The van der Waals surface area contributed by atoms with E-state index in [1.165, 1.54) is 40.2 Å². The second-order valence-corrected chi connectivity index (χ2v) is 19.5. The summed E-state index contributed by atoms with van der Waals surface area (Å²) in [5, 5.41) is 4.63. The summed E-state index contributed by atoms with van der Waals surface area (Å²) < 4.78 is 24.9. The van der Waals surface area contributed by atoms with E-state index in [1.54, 1.807) is 0 Å². The van der Waals surface area contributed by atoms with Crippen LogP contribution in [0.15, 0.2) is 98.2 Å². The smallest absolute Gasteiger partial charge is 0.321 e. The van der Waals surface area contributed by atoms with Gasteiger partial charge < -0.3 is 39.6 Å². The summed E-state index contributed by atoms with van der Waals surface area (Å²) in [5.74, 6) is 3.19. The normalized spacial score (nSPS) is 16.6. The molecule has 6 aromatic rings. The third-order valence-corrected chi connectivity index (χ3v) is 14.4. The number of fused-ring (bicyclic) bond motifs is 4. The Balaban J connectivity index is 0.000000172. The van der Waals surface area contributed by atoms with Gasteiger partial charge in [-0.2, -0.15) is 0 Å². The van der Waals surface area contributed by atoms with Gasteiger partial charge in [-0.15, -0.1) is 0 Å². The molecule has 6 heterocycles. The number of hydrogen-bond acceptors (Lipinski definition) is 10. The number of furan rings is 2. The molecule has 0 saturated carbocycles. The van der Waals surface area contributed by atoms with Crippen LogP contribution in [-0.4, -0.2) is 107 Å². The van der Waals surface area contributed by atoms with Gasteiger partial charge in [-0.25, -0.2) is 9.59 Å². The Morgan fingerprint density at radius 2 is 1.25 bits per heavy atom. The molecule has 0 aliphatic carbocycles. The maximum Gasteiger partial charge on any atom is 0.321 e. The van der Waals surface area contributed by atoms with Crippen LogP contribution in [0.25, 0.3) is 21.9 Å². The summed E-state index contributed by atoms with van der Waals surface area (Å²) in [7, 11) is 0. The number of halogens is 1. The van der Waals surface area contributed by atoms with Gasteiger partial charge in [-0.3, -0.25) is 20.0 Å². The molecule has 4 aliphatic rings. The molecule has 4 aliphatic heterocycles. The highest BCUT2D eigenvalue weighted by molar-refractivity contribution is 9.10. The molecule has 0 unspecified atom stereocenters. The van der Waals surface area contributed by atoms with Gasteiger partial charge in [0.25, 0.3) is 0 Å². The van der Waals surface area contributed by atoms with Crippen LogP contribution in [0.5, 0.6) is 11.5 Å². The lowest BCUT2D eigenvalue weighted by atomic mass is 10.1. The first kappa shape index (κ1) is 48.1. The number of primary amides is 2. The number of hydrogen-bond donors (Lipinski definition) is 3. The molecule has 14 nitrogen and oxygen atoms in total. The molecule has 366 valence electrons. The average molecular weight is 1000 g/mol. The van der Waals surface area contributed by atoms with Crippen molar-refractivity contribution in [2.75, 3.05) is 105 Å². The van der Waals surface area contributed by atoms with Gasteiger partial charge in [0.1, 0.15) is 22.7 Å².